The Kier molecular flexibility index (Phi) is 6.81. The maximum Gasteiger partial charge on any atom is 0.140 e. The summed E-state index contributed by atoms with van der Waals surface area (Å²) in [6.07, 6.45) is 4.68. The molecule has 5 nitrogen and oxygen atoms in total. The van der Waals surface area contributed by atoms with Crippen molar-refractivity contribution < 1.29 is 5.11 Å². The van der Waals surface area contributed by atoms with Crippen LogP contribution in [0.3, 0.4) is 0 Å². The van der Waals surface area contributed by atoms with Gasteiger partial charge >= 0.3 is 0 Å². The quantitative estimate of drug-likeness (QED) is 0.636. The fraction of sp³-hybridized carbons (Fsp3) is 0.833. The normalized spacial score (nSPS) is 11.3. The Bertz CT molecular complexity index is 298. The minimum absolute atomic E-state index is 0.294. The maximum absolute atomic E-state index is 8.65. The van der Waals surface area contributed by atoms with Gasteiger partial charge in [-0.2, -0.15) is 5.10 Å². The van der Waals surface area contributed by atoms with Crippen LogP contribution < -0.4 is 5.32 Å². The number of hydrogen-bond donors (Lipinski definition) is 2. The standard InChI is InChI=1S/C12H24N4O/c1-11(2)9-16-12(14-10-15-16)8-13-6-4-3-5-7-17/h10-11,13,17H,3-9H2,1-2H3. The van der Waals surface area contributed by atoms with E-state index in [0.717, 1.165) is 44.7 Å². The molecule has 0 aliphatic heterocycles. The highest BCUT2D eigenvalue weighted by molar-refractivity contribution is 4.83. The third kappa shape index (κ3) is 5.79. The molecule has 5 heteroatoms. The van der Waals surface area contributed by atoms with E-state index in [-0.39, 0.29) is 0 Å². The molecular weight excluding hydrogens is 216 g/mol. The van der Waals surface area contributed by atoms with Gasteiger partial charge in [0.2, 0.25) is 0 Å². The zero-order chi connectivity index (χ0) is 12.5. The van der Waals surface area contributed by atoms with Crippen LogP contribution in [0.5, 0.6) is 0 Å². The molecule has 1 aromatic heterocycles. The van der Waals surface area contributed by atoms with E-state index in [1.54, 1.807) is 6.33 Å². The molecule has 0 saturated carbocycles. The molecule has 2 N–H and O–H groups in total. The molecule has 0 amide bonds. The van der Waals surface area contributed by atoms with Gasteiger partial charge < -0.3 is 10.4 Å². The fourth-order valence-electron chi connectivity index (χ4n) is 1.66. The predicted octanol–water partition coefficient (Wildman–Crippen LogP) is 1.19. The van der Waals surface area contributed by atoms with Crippen LogP contribution in [0.1, 0.15) is 38.9 Å². The number of nitrogens with one attached hydrogen (secondary N) is 1. The maximum atomic E-state index is 8.65. The summed E-state index contributed by atoms with van der Waals surface area (Å²) in [6.45, 7) is 7.30. The van der Waals surface area contributed by atoms with Gasteiger partial charge in [0.15, 0.2) is 0 Å². The molecule has 0 atom stereocenters. The summed E-state index contributed by atoms with van der Waals surface area (Å²) in [5.74, 6) is 1.58. The SMILES string of the molecule is CC(C)Cn1ncnc1CNCCCCCO. The van der Waals surface area contributed by atoms with E-state index in [4.69, 9.17) is 5.11 Å². The first-order chi connectivity index (χ1) is 8.24. The lowest BCUT2D eigenvalue weighted by Gasteiger charge is -2.09. The van der Waals surface area contributed by atoms with E-state index in [1.165, 1.54) is 0 Å². The van der Waals surface area contributed by atoms with E-state index >= 15 is 0 Å². The summed E-state index contributed by atoms with van der Waals surface area (Å²) < 4.78 is 1.96. The van der Waals surface area contributed by atoms with E-state index in [9.17, 15) is 0 Å². The molecule has 17 heavy (non-hydrogen) atoms. The van der Waals surface area contributed by atoms with Crippen LogP contribution in [0.25, 0.3) is 0 Å². The number of nitrogens with zero attached hydrogens (tertiary/aromatic N) is 3. The van der Waals surface area contributed by atoms with Gasteiger partial charge in [-0.15, -0.1) is 0 Å². The average molecular weight is 240 g/mol. The Hall–Kier alpha value is -0.940. The highest BCUT2D eigenvalue weighted by atomic mass is 16.2. The minimum atomic E-state index is 0.294. The minimum Gasteiger partial charge on any atom is -0.396 e. The molecule has 0 aliphatic rings. The summed E-state index contributed by atoms with van der Waals surface area (Å²) in [6, 6.07) is 0. The molecule has 98 valence electrons. The van der Waals surface area contributed by atoms with E-state index < -0.39 is 0 Å². The van der Waals surface area contributed by atoms with Gasteiger partial charge in [-0.3, -0.25) is 0 Å². The van der Waals surface area contributed by atoms with Crippen molar-refractivity contribution in [2.24, 2.45) is 5.92 Å². The van der Waals surface area contributed by atoms with Crippen molar-refractivity contribution in [2.45, 2.75) is 46.2 Å². The van der Waals surface area contributed by atoms with Gasteiger partial charge in [-0.25, -0.2) is 9.67 Å². The lowest BCUT2D eigenvalue weighted by molar-refractivity contribution is 0.282. The van der Waals surface area contributed by atoms with Crippen molar-refractivity contribution >= 4 is 0 Å². The van der Waals surface area contributed by atoms with Crippen molar-refractivity contribution in [3.05, 3.63) is 12.2 Å². The van der Waals surface area contributed by atoms with Crippen molar-refractivity contribution in [2.75, 3.05) is 13.2 Å². The van der Waals surface area contributed by atoms with Crippen LogP contribution in [0.2, 0.25) is 0 Å². The van der Waals surface area contributed by atoms with Crippen molar-refractivity contribution in [3.8, 4) is 0 Å². The monoisotopic (exact) mass is 240 g/mol. The largest absolute Gasteiger partial charge is 0.396 e. The van der Waals surface area contributed by atoms with Gasteiger partial charge in [0.25, 0.3) is 0 Å². The summed E-state index contributed by atoms with van der Waals surface area (Å²) >= 11 is 0. The van der Waals surface area contributed by atoms with Crippen LogP contribution in [-0.2, 0) is 13.1 Å². The average Bonchev–Trinajstić information content (AvgIpc) is 2.70. The summed E-state index contributed by atoms with van der Waals surface area (Å²) in [5.41, 5.74) is 0. The molecule has 0 fully saturated rings. The highest BCUT2D eigenvalue weighted by Gasteiger charge is 2.05. The summed E-state index contributed by atoms with van der Waals surface area (Å²) in [7, 11) is 0. The van der Waals surface area contributed by atoms with Crippen LogP contribution in [0.4, 0.5) is 0 Å². The van der Waals surface area contributed by atoms with Crippen LogP contribution >= 0.6 is 0 Å². The Morgan fingerprint density at radius 2 is 2.18 bits per heavy atom. The molecule has 1 aromatic rings. The molecular formula is C12H24N4O. The number of aliphatic hydroxyl groups excluding tert-OH is 1. The molecule has 0 spiro atoms. The first kappa shape index (κ1) is 14.1. The smallest absolute Gasteiger partial charge is 0.140 e. The zero-order valence-corrected chi connectivity index (χ0v) is 10.9. The number of aromatic nitrogens is 3. The Balaban J connectivity index is 2.20. The highest BCUT2D eigenvalue weighted by Crippen LogP contribution is 2.01. The molecule has 1 heterocycles. The van der Waals surface area contributed by atoms with Crippen LogP contribution in [0.15, 0.2) is 6.33 Å². The summed E-state index contributed by atoms with van der Waals surface area (Å²) in [4.78, 5) is 4.25. The van der Waals surface area contributed by atoms with Crippen molar-refractivity contribution in [1.82, 2.24) is 20.1 Å². The third-order valence-corrected chi connectivity index (χ3v) is 2.53. The van der Waals surface area contributed by atoms with Gasteiger partial charge in [0, 0.05) is 13.2 Å². The van der Waals surface area contributed by atoms with Gasteiger partial charge in [-0.1, -0.05) is 13.8 Å². The predicted molar refractivity (Wildman–Crippen MR) is 67.5 cm³/mol. The van der Waals surface area contributed by atoms with E-state index in [0.29, 0.717) is 12.5 Å². The molecule has 0 radical (unpaired) electrons. The first-order valence-corrected chi connectivity index (χ1v) is 6.42. The second-order valence-corrected chi connectivity index (χ2v) is 4.71. The van der Waals surface area contributed by atoms with E-state index in [1.807, 2.05) is 4.68 Å². The Morgan fingerprint density at radius 1 is 1.35 bits per heavy atom. The first-order valence-electron chi connectivity index (χ1n) is 6.42. The second-order valence-electron chi connectivity index (χ2n) is 4.71. The van der Waals surface area contributed by atoms with Gasteiger partial charge in [-0.05, 0) is 31.7 Å². The third-order valence-electron chi connectivity index (χ3n) is 2.53. The van der Waals surface area contributed by atoms with Crippen LogP contribution in [-0.4, -0.2) is 33.0 Å². The summed E-state index contributed by atoms with van der Waals surface area (Å²) in [5, 5.41) is 16.2. The number of rotatable bonds is 9. The van der Waals surface area contributed by atoms with E-state index in [2.05, 4.69) is 29.2 Å². The van der Waals surface area contributed by atoms with Crippen molar-refractivity contribution in [1.29, 1.82) is 0 Å². The lowest BCUT2D eigenvalue weighted by Crippen LogP contribution is -2.20. The molecule has 0 aromatic carbocycles. The van der Waals surface area contributed by atoms with Gasteiger partial charge in [0.05, 0.1) is 6.54 Å². The van der Waals surface area contributed by atoms with Crippen LogP contribution in [0, 0.1) is 5.92 Å². The second kappa shape index (κ2) is 8.20. The Labute approximate surface area is 103 Å². The number of hydrogen-bond acceptors (Lipinski definition) is 4. The molecule has 0 aliphatic carbocycles. The molecule has 0 saturated heterocycles. The lowest BCUT2D eigenvalue weighted by atomic mass is 10.2. The topological polar surface area (TPSA) is 63.0 Å². The molecule has 1 rings (SSSR count). The number of unbranched alkanes of at least 4 members (excludes halogenated alkanes) is 2. The molecule has 0 unspecified atom stereocenters. The Morgan fingerprint density at radius 3 is 2.88 bits per heavy atom. The number of aliphatic hydroxyl groups is 1. The van der Waals surface area contributed by atoms with Gasteiger partial charge in [0.1, 0.15) is 12.2 Å². The zero-order valence-electron chi connectivity index (χ0n) is 10.9. The fourth-order valence-corrected chi connectivity index (χ4v) is 1.66. The molecule has 0 bridgehead atoms. The van der Waals surface area contributed by atoms with Crippen molar-refractivity contribution in [3.63, 3.8) is 0 Å².